The predicted octanol–water partition coefficient (Wildman–Crippen LogP) is 2.91. The minimum Gasteiger partial charge on any atom is -0.378 e. The van der Waals surface area contributed by atoms with Crippen molar-refractivity contribution < 1.29 is 0 Å². The fraction of sp³-hybridized carbons (Fsp3) is 0.571. The summed E-state index contributed by atoms with van der Waals surface area (Å²) < 4.78 is 0. The number of benzene rings is 1. The summed E-state index contributed by atoms with van der Waals surface area (Å²) in [6.45, 7) is 1.23. The normalized spacial score (nSPS) is 22.1. The van der Waals surface area contributed by atoms with Crippen LogP contribution < -0.4 is 4.90 Å². The molecule has 0 N–H and O–H groups in total. The highest BCUT2D eigenvalue weighted by Crippen LogP contribution is 2.30. The van der Waals surface area contributed by atoms with Crippen LogP contribution in [0.25, 0.3) is 0 Å². The Morgan fingerprint density at radius 2 is 2.06 bits per heavy atom. The SMILES string of the molecule is CN(C)c1cccc(C2CCCCN2C)c1. The lowest BCUT2D eigenvalue weighted by atomic mass is 9.95. The average Bonchev–Trinajstić information content (AvgIpc) is 2.30. The Kier molecular flexibility index (Phi) is 3.49. The van der Waals surface area contributed by atoms with E-state index in [-0.39, 0.29) is 0 Å². The second kappa shape index (κ2) is 4.88. The summed E-state index contributed by atoms with van der Waals surface area (Å²) in [5.41, 5.74) is 2.77. The molecule has 1 unspecified atom stereocenters. The maximum atomic E-state index is 2.48. The van der Waals surface area contributed by atoms with Gasteiger partial charge in [-0.25, -0.2) is 0 Å². The average molecular weight is 218 g/mol. The Labute approximate surface area is 98.9 Å². The van der Waals surface area contributed by atoms with Gasteiger partial charge in [-0.1, -0.05) is 18.6 Å². The van der Waals surface area contributed by atoms with Gasteiger partial charge >= 0.3 is 0 Å². The molecule has 2 heteroatoms. The second-order valence-corrected chi connectivity index (χ2v) is 4.98. The number of rotatable bonds is 2. The molecule has 1 aliphatic heterocycles. The molecule has 1 atom stereocenters. The monoisotopic (exact) mass is 218 g/mol. The van der Waals surface area contributed by atoms with E-state index in [4.69, 9.17) is 0 Å². The predicted molar refractivity (Wildman–Crippen MR) is 70.0 cm³/mol. The first-order chi connectivity index (χ1) is 7.68. The molecule has 1 aromatic rings. The first kappa shape index (κ1) is 11.5. The highest BCUT2D eigenvalue weighted by Gasteiger charge is 2.20. The van der Waals surface area contributed by atoms with Gasteiger partial charge in [0, 0.05) is 25.8 Å². The zero-order valence-electron chi connectivity index (χ0n) is 10.6. The Morgan fingerprint density at radius 1 is 1.25 bits per heavy atom. The molecule has 88 valence electrons. The van der Waals surface area contributed by atoms with E-state index in [2.05, 4.69) is 55.2 Å². The summed E-state index contributed by atoms with van der Waals surface area (Å²) in [6, 6.07) is 9.56. The molecule has 0 saturated carbocycles. The molecule has 0 bridgehead atoms. The van der Waals surface area contributed by atoms with Gasteiger partial charge in [0.1, 0.15) is 0 Å². The van der Waals surface area contributed by atoms with Gasteiger partial charge in [-0.3, -0.25) is 4.90 Å². The lowest BCUT2D eigenvalue weighted by Gasteiger charge is -2.33. The molecular weight excluding hydrogens is 196 g/mol. The topological polar surface area (TPSA) is 6.48 Å². The molecule has 0 aliphatic carbocycles. The summed E-state index contributed by atoms with van der Waals surface area (Å²) in [5, 5.41) is 0. The van der Waals surface area contributed by atoms with Gasteiger partial charge in [0.25, 0.3) is 0 Å². The highest BCUT2D eigenvalue weighted by atomic mass is 15.1. The Bertz CT molecular complexity index is 346. The molecule has 2 nitrogen and oxygen atoms in total. The van der Waals surface area contributed by atoms with Crippen molar-refractivity contribution in [2.75, 3.05) is 32.6 Å². The molecule has 1 heterocycles. The van der Waals surface area contributed by atoms with E-state index in [0.717, 1.165) is 0 Å². The number of nitrogens with zero attached hydrogens (tertiary/aromatic N) is 2. The molecule has 1 aromatic carbocycles. The number of piperidine rings is 1. The van der Waals surface area contributed by atoms with Crippen molar-refractivity contribution in [1.29, 1.82) is 0 Å². The van der Waals surface area contributed by atoms with Crippen molar-refractivity contribution in [1.82, 2.24) is 4.90 Å². The number of likely N-dealkylation sites (tertiary alicyclic amines) is 1. The Hall–Kier alpha value is -1.02. The van der Waals surface area contributed by atoms with Gasteiger partial charge in [0.05, 0.1) is 0 Å². The van der Waals surface area contributed by atoms with Crippen molar-refractivity contribution >= 4 is 5.69 Å². The molecule has 0 amide bonds. The summed E-state index contributed by atoms with van der Waals surface area (Å²) >= 11 is 0. The number of anilines is 1. The number of hydrogen-bond acceptors (Lipinski definition) is 2. The largest absolute Gasteiger partial charge is 0.378 e. The van der Waals surface area contributed by atoms with Crippen molar-refractivity contribution in [3.8, 4) is 0 Å². The first-order valence-corrected chi connectivity index (χ1v) is 6.16. The van der Waals surface area contributed by atoms with Gasteiger partial charge in [0.15, 0.2) is 0 Å². The van der Waals surface area contributed by atoms with Crippen LogP contribution in [-0.4, -0.2) is 32.6 Å². The molecule has 0 aromatic heterocycles. The zero-order valence-corrected chi connectivity index (χ0v) is 10.6. The third-order valence-electron chi connectivity index (χ3n) is 3.54. The zero-order chi connectivity index (χ0) is 11.5. The van der Waals surface area contributed by atoms with Crippen LogP contribution in [0.2, 0.25) is 0 Å². The quantitative estimate of drug-likeness (QED) is 0.753. The molecule has 16 heavy (non-hydrogen) atoms. The summed E-state index contributed by atoms with van der Waals surface area (Å²) in [5.74, 6) is 0. The molecule has 1 aliphatic rings. The Morgan fingerprint density at radius 3 is 2.75 bits per heavy atom. The molecule has 0 radical (unpaired) electrons. The summed E-state index contributed by atoms with van der Waals surface area (Å²) in [7, 11) is 6.44. The molecular formula is C14H22N2. The smallest absolute Gasteiger partial charge is 0.0364 e. The van der Waals surface area contributed by atoms with Crippen LogP contribution in [0.1, 0.15) is 30.9 Å². The van der Waals surface area contributed by atoms with E-state index >= 15 is 0 Å². The van der Waals surface area contributed by atoms with E-state index in [1.807, 2.05) is 0 Å². The van der Waals surface area contributed by atoms with Gasteiger partial charge in [-0.15, -0.1) is 0 Å². The highest BCUT2D eigenvalue weighted by molar-refractivity contribution is 5.47. The maximum absolute atomic E-state index is 2.48. The Balaban J connectivity index is 2.21. The fourth-order valence-electron chi connectivity index (χ4n) is 2.51. The van der Waals surface area contributed by atoms with E-state index in [1.165, 1.54) is 37.1 Å². The lowest BCUT2D eigenvalue weighted by molar-refractivity contribution is 0.187. The molecule has 2 rings (SSSR count). The van der Waals surface area contributed by atoms with Gasteiger partial charge in [-0.2, -0.15) is 0 Å². The summed E-state index contributed by atoms with van der Waals surface area (Å²) in [6.07, 6.45) is 4.01. The van der Waals surface area contributed by atoms with Gasteiger partial charge < -0.3 is 4.90 Å². The third kappa shape index (κ3) is 2.38. The van der Waals surface area contributed by atoms with E-state index < -0.39 is 0 Å². The van der Waals surface area contributed by atoms with E-state index in [1.54, 1.807) is 0 Å². The minimum absolute atomic E-state index is 0.619. The molecule has 1 saturated heterocycles. The van der Waals surface area contributed by atoms with Crippen LogP contribution in [0.15, 0.2) is 24.3 Å². The van der Waals surface area contributed by atoms with Crippen molar-refractivity contribution in [3.63, 3.8) is 0 Å². The van der Waals surface area contributed by atoms with Crippen molar-refractivity contribution in [2.24, 2.45) is 0 Å². The van der Waals surface area contributed by atoms with Crippen LogP contribution in [0, 0.1) is 0 Å². The van der Waals surface area contributed by atoms with Gasteiger partial charge in [-0.05, 0) is 44.1 Å². The fourth-order valence-corrected chi connectivity index (χ4v) is 2.51. The maximum Gasteiger partial charge on any atom is 0.0364 e. The van der Waals surface area contributed by atoms with Crippen LogP contribution in [0.5, 0.6) is 0 Å². The minimum atomic E-state index is 0.619. The molecule has 1 fully saturated rings. The lowest BCUT2D eigenvalue weighted by Crippen LogP contribution is -2.29. The van der Waals surface area contributed by atoms with E-state index in [0.29, 0.717) is 6.04 Å². The van der Waals surface area contributed by atoms with Crippen LogP contribution >= 0.6 is 0 Å². The van der Waals surface area contributed by atoms with Crippen molar-refractivity contribution in [3.05, 3.63) is 29.8 Å². The van der Waals surface area contributed by atoms with Crippen molar-refractivity contribution in [2.45, 2.75) is 25.3 Å². The number of hydrogen-bond donors (Lipinski definition) is 0. The van der Waals surface area contributed by atoms with Gasteiger partial charge in [0.2, 0.25) is 0 Å². The van der Waals surface area contributed by atoms with Crippen LogP contribution in [0.4, 0.5) is 5.69 Å². The van der Waals surface area contributed by atoms with Crippen LogP contribution in [0.3, 0.4) is 0 Å². The first-order valence-electron chi connectivity index (χ1n) is 6.16. The molecule has 0 spiro atoms. The third-order valence-corrected chi connectivity index (χ3v) is 3.54. The second-order valence-electron chi connectivity index (χ2n) is 4.98. The standard InChI is InChI=1S/C14H22N2/c1-15(2)13-8-6-7-12(11-13)14-9-4-5-10-16(14)3/h6-8,11,14H,4-5,9-10H2,1-3H3. The summed E-state index contributed by atoms with van der Waals surface area (Å²) in [4.78, 5) is 4.66. The van der Waals surface area contributed by atoms with E-state index in [9.17, 15) is 0 Å². The van der Waals surface area contributed by atoms with Crippen LogP contribution in [-0.2, 0) is 0 Å².